The molecule has 0 amide bonds. The number of nitrogens with zero attached hydrogens (tertiary/aromatic N) is 2. The first-order chi connectivity index (χ1) is 9.01. The van der Waals surface area contributed by atoms with Crippen molar-refractivity contribution in [2.75, 3.05) is 18.0 Å². The van der Waals surface area contributed by atoms with Gasteiger partial charge in [-0.3, -0.25) is 0 Å². The van der Waals surface area contributed by atoms with E-state index >= 15 is 0 Å². The first-order valence-electron chi connectivity index (χ1n) is 7.47. The predicted octanol–water partition coefficient (Wildman–Crippen LogP) is 2.76. The highest BCUT2D eigenvalue weighted by Gasteiger charge is 2.27. The van der Waals surface area contributed by atoms with E-state index in [2.05, 4.69) is 43.6 Å². The molecule has 3 nitrogen and oxygen atoms in total. The van der Waals surface area contributed by atoms with Crippen molar-refractivity contribution in [1.29, 1.82) is 0 Å². The minimum atomic E-state index is 0.249. The normalized spacial score (nSPS) is 24.8. The van der Waals surface area contributed by atoms with Crippen LogP contribution in [-0.4, -0.2) is 24.1 Å². The van der Waals surface area contributed by atoms with E-state index in [0.29, 0.717) is 0 Å². The lowest BCUT2D eigenvalue weighted by molar-refractivity contribution is 0.494. The molecule has 2 heterocycles. The van der Waals surface area contributed by atoms with E-state index in [1.54, 1.807) is 0 Å². The van der Waals surface area contributed by atoms with E-state index in [9.17, 15) is 0 Å². The monoisotopic (exact) mass is 261 g/mol. The molecule has 1 aliphatic rings. The highest BCUT2D eigenvalue weighted by molar-refractivity contribution is 5.48. The number of aromatic nitrogens is 1. The molecule has 0 bridgehead atoms. The summed E-state index contributed by atoms with van der Waals surface area (Å²) in [5.41, 5.74) is 8.55. The van der Waals surface area contributed by atoms with Gasteiger partial charge in [0.2, 0.25) is 0 Å². The number of rotatable bonds is 4. The summed E-state index contributed by atoms with van der Waals surface area (Å²) in [5, 5.41) is 0. The molecule has 0 radical (unpaired) electrons. The van der Waals surface area contributed by atoms with E-state index in [1.165, 1.54) is 11.1 Å². The quantitative estimate of drug-likeness (QED) is 0.906. The predicted molar refractivity (Wildman–Crippen MR) is 81.5 cm³/mol. The fourth-order valence-corrected chi connectivity index (χ4v) is 2.82. The zero-order valence-electron chi connectivity index (χ0n) is 12.7. The Morgan fingerprint density at radius 2 is 2.00 bits per heavy atom. The summed E-state index contributed by atoms with van der Waals surface area (Å²) in [7, 11) is 0. The van der Waals surface area contributed by atoms with Gasteiger partial charge in [0, 0.05) is 25.3 Å². The molecule has 0 saturated carbocycles. The second-order valence-corrected chi connectivity index (χ2v) is 6.22. The second kappa shape index (κ2) is 5.91. The van der Waals surface area contributed by atoms with Crippen LogP contribution in [0.1, 0.15) is 38.3 Å². The van der Waals surface area contributed by atoms with Gasteiger partial charge >= 0.3 is 0 Å². The number of hydrogen-bond donors (Lipinski definition) is 1. The standard InChI is InChI=1S/C16H27N3/c1-5-15(17)7-14-6-11(2)16(18-8-14)19-9-12(3)13(4)10-19/h6,8,12-13,15H,5,7,9-10,17H2,1-4H3. The van der Waals surface area contributed by atoms with E-state index in [-0.39, 0.29) is 6.04 Å². The molecule has 3 unspecified atom stereocenters. The number of aryl methyl sites for hydroxylation is 1. The van der Waals surface area contributed by atoms with Crippen LogP contribution in [0.2, 0.25) is 0 Å². The van der Waals surface area contributed by atoms with E-state index in [1.807, 2.05) is 6.20 Å². The van der Waals surface area contributed by atoms with Gasteiger partial charge in [-0.1, -0.05) is 26.8 Å². The van der Waals surface area contributed by atoms with Crippen molar-refractivity contribution in [2.24, 2.45) is 17.6 Å². The van der Waals surface area contributed by atoms with Crippen LogP contribution in [0.4, 0.5) is 5.82 Å². The van der Waals surface area contributed by atoms with Crippen LogP contribution in [-0.2, 0) is 6.42 Å². The fourth-order valence-electron chi connectivity index (χ4n) is 2.82. The molecule has 0 spiro atoms. The largest absolute Gasteiger partial charge is 0.356 e. The van der Waals surface area contributed by atoms with Crippen LogP contribution in [0.25, 0.3) is 0 Å². The van der Waals surface area contributed by atoms with E-state index < -0.39 is 0 Å². The van der Waals surface area contributed by atoms with Crippen molar-refractivity contribution < 1.29 is 0 Å². The van der Waals surface area contributed by atoms with Gasteiger partial charge in [-0.05, 0) is 42.7 Å². The Bertz CT molecular complexity index is 420. The van der Waals surface area contributed by atoms with Crippen LogP contribution < -0.4 is 10.6 Å². The van der Waals surface area contributed by atoms with Crippen molar-refractivity contribution in [3.63, 3.8) is 0 Å². The van der Waals surface area contributed by atoms with Gasteiger partial charge < -0.3 is 10.6 Å². The average Bonchev–Trinajstić information content (AvgIpc) is 2.69. The molecular formula is C16H27N3. The van der Waals surface area contributed by atoms with Gasteiger partial charge in [-0.25, -0.2) is 4.98 Å². The molecule has 106 valence electrons. The Labute approximate surface area is 117 Å². The van der Waals surface area contributed by atoms with Gasteiger partial charge in [0.15, 0.2) is 0 Å². The zero-order chi connectivity index (χ0) is 14.0. The maximum Gasteiger partial charge on any atom is 0.131 e. The van der Waals surface area contributed by atoms with Crippen LogP contribution in [0.3, 0.4) is 0 Å². The van der Waals surface area contributed by atoms with Crippen LogP contribution in [0.15, 0.2) is 12.3 Å². The summed E-state index contributed by atoms with van der Waals surface area (Å²) < 4.78 is 0. The lowest BCUT2D eigenvalue weighted by atomic mass is 10.0. The number of anilines is 1. The Morgan fingerprint density at radius 3 is 2.53 bits per heavy atom. The topological polar surface area (TPSA) is 42.1 Å². The molecule has 1 aromatic rings. The molecule has 2 rings (SSSR count). The van der Waals surface area contributed by atoms with Gasteiger partial charge in [0.1, 0.15) is 5.82 Å². The maximum absolute atomic E-state index is 6.01. The third-order valence-electron chi connectivity index (χ3n) is 4.42. The van der Waals surface area contributed by atoms with Crippen molar-refractivity contribution in [2.45, 2.75) is 46.6 Å². The molecule has 1 fully saturated rings. The minimum absolute atomic E-state index is 0.249. The van der Waals surface area contributed by atoms with Gasteiger partial charge in [0.25, 0.3) is 0 Å². The smallest absolute Gasteiger partial charge is 0.131 e. The van der Waals surface area contributed by atoms with Crippen molar-refractivity contribution in [3.8, 4) is 0 Å². The molecule has 1 saturated heterocycles. The second-order valence-electron chi connectivity index (χ2n) is 6.22. The average molecular weight is 261 g/mol. The van der Waals surface area contributed by atoms with Crippen LogP contribution in [0, 0.1) is 18.8 Å². The summed E-state index contributed by atoms with van der Waals surface area (Å²) in [6.45, 7) is 11.2. The Hall–Kier alpha value is -1.09. The third kappa shape index (κ3) is 3.27. The third-order valence-corrected chi connectivity index (χ3v) is 4.42. The molecule has 2 N–H and O–H groups in total. The first-order valence-corrected chi connectivity index (χ1v) is 7.47. The number of nitrogens with two attached hydrogens (primary N) is 1. The molecule has 3 heteroatoms. The molecule has 1 aliphatic heterocycles. The lowest BCUT2D eigenvalue weighted by Crippen LogP contribution is -2.23. The van der Waals surface area contributed by atoms with Gasteiger partial charge in [-0.15, -0.1) is 0 Å². The number of pyridine rings is 1. The zero-order valence-corrected chi connectivity index (χ0v) is 12.7. The van der Waals surface area contributed by atoms with Crippen molar-refractivity contribution in [1.82, 2.24) is 4.98 Å². The van der Waals surface area contributed by atoms with E-state index in [0.717, 1.165) is 43.6 Å². The number of hydrogen-bond acceptors (Lipinski definition) is 3. The van der Waals surface area contributed by atoms with Crippen LogP contribution in [0.5, 0.6) is 0 Å². The highest BCUT2D eigenvalue weighted by atomic mass is 15.2. The van der Waals surface area contributed by atoms with E-state index in [4.69, 9.17) is 5.73 Å². The van der Waals surface area contributed by atoms with Crippen molar-refractivity contribution in [3.05, 3.63) is 23.4 Å². The van der Waals surface area contributed by atoms with Gasteiger partial charge in [0.05, 0.1) is 0 Å². The Kier molecular flexibility index (Phi) is 4.46. The molecule has 1 aromatic heterocycles. The van der Waals surface area contributed by atoms with Crippen LogP contribution >= 0.6 is 0 Å². The first kappa shape index (κ1) is 14.3. The van der Waals surface area contributed by atoms with Gasteiger partial charge in [-0.2, -0.15) is 0 Å². The fraction of sp³-hybridized carbons (Fsp3) is 0.688. The lowest BCUT2D eigenvalue weighted by Gasteiger charge is -2.20. The summed E-state index contributed by atoms with van der Waals surface area (Å²) >= 11 is 0. The molecule has 0 aliphatic carbocycles. The molecular weight excluding hydrogens is 234 g/mol. The molecule has 0 aromatic carbocycles. The Balaban J connectivity index is 2.11. The SMILES string of the molecule is CCC(N)Cc1cnc(N2CC(C)C(C)C2)c(C)c1. The summed E-state index contributed by atoms with van der Waals surface area (Å²) in [5.74, 6) is 2.67. The molecule has 19 heavy (non-hydrogen) atoms. The summed E-state index contributed by atoms with van der Waals surface area (Å²) in [6.07, 6.45) is 3.95. The molecule has 3 atom stereocenters. The Morgan fingerprint density at radius 1 is 1.37 bits per heavy atom. The summed E-state index contributed by atoms with van der Waals surface area (Å²) in [6, 6.07) is 2.50. The minimum Gasteiger partial charge on any atom is -0.356 e. The highest BCUT2D eigenvalue weighted by Crippen LogP contribution is 2.28. The van der Waals surface area contributed by atoms with Crippen molar-refractivity contribution >= 4 is 5.82 Å². The maximum atomic E-state index is 6.01. The summed E-state index contributed by atoms with van der Waals surface area (Å²) in [4.78, 5) is 7.11.